The number of hydrogen-bond acceptors (Lipinski definition) is 2. The van der Waals surface area contributed by atoms with Gasteiger partial charge in [-0.1, -0.05) is 24.6 Å². The molecule has 0 aromatic heterocycles. The molecule has 1 atom stereocenters. The second kappa shape index (κ2) is 6.59. The van der Waals surface area contributed by atoms with Gasteiger partial charge in [-0.25, -0.2) is 0 Å². The first kappa shape index (κ1) is 15.8. The highest BCUT2D eigenvalue weighted by atomic mass is 19.4. The number of halogens is 3. The number of likely N-dealkylation sites (tertiary alicyclic amines) is 2. The fraction of sp³-hybridized carbons (Fsp3) is 0.647. The molecule has 22 heavy (non-hydrogen) atoms. The van der Waals surface area contributed by atoms with Crippen molar-refractivity contribution in [1.82, 2.24) is 9.80 Å². The maximum absolute atomic E-state index is 12.8. The van der Waals surface area contributed by atoms with Crippen molar-refractivity contribution in [3.05, 3.63) is 35.4 Å². The van der Waals surface area contributed by atoms with Gasteiger partial charge in [-0.2, -0.15) is 13.2 Å². The van der Waals surface area contributed by atoms with Crippen molar-refractivity contribution in [2.75, 3.05) is 26.2 Å². The van der Waals surface area contributed by atoms with Crippen LogP contribution in [0, 0.1) is 0 Å². The van der Waals surface area contributed by atoms with Crippen LogP contribution in [0.5, 0.6) is 0 Å². The predicted molar refractivity (Wildman–Crippen MR) is 80.6 cm³/mol. The van der Waals surface area contributed by atoms with Gasteiger partial charge in [0.25, 0.3) is 0 Å². The second-order valence-electron chi connectivity index (χ2n) is 6.47. The van der Waals surface area contributed by atoms with Gasteiger partial charge in [0.15, 0.2) is 0 Å². The number of alkyl halides is 3. The normalized spacial score (nSPS) is 24.8. The molecule has 0 unspecified atom stereocenters. The van der Waals surface area contributed by atoms with Crippen molar-refractivity contribution in [3.8, 4) is 0 Å². The quantitative estimate of drug-likeness (QED) is 0.838. The molecule has 2 aliphatic heterocycles. The Morgan fingerprint density at radius 3 is 2.55 bits per heavy atom. The van der Waals surface area contributed by atoms with Gasteiger partial charge in [0.05, 0.1) is 5.56 Å². The van der Waals surface area contributed by atoms with Gasteiger partial charge in [0.2, 0.25) is 0 Å². The summed E-state index contributed by atoms with van der Waals surface area (Å²) in [5.74, 6) is 0. The van der Waals surface area contributed by atoms with Crippen LogP contribution < -0.4 is 0 Å². The molecule has 2 aliphatic rings. The monoisotopic (exact) mass is 312 g/mol. The highest BCUT2D eigenvalue weighted by Crippen LogP contribution is 2.30. The summed E-state index contributed by atoms with van der Waals surface area (Å²) in [6.45, 7) is 4.95. The SMILES string of the molecule is FC(F)(F)c1cccc(CN2CC[C@@H](N3CCCCC3)C2)c1. The van der Waals surface area contributed by atoms with E-state index in [9.17, 15) is 13.2 Å². The lowest BCUT2D eigenvalue weighted by atomic mass is 10.1. The lowest BCUT2D eigenvalue weighted by Gasteiger charge is -2.32. The Morgan fingerprint density at radius 2 is 1.82 bits per heavy atom. The van der Waals surface area contributed by atoms with Gasteiger partial charge in [0.1, 0.15) is 0 Å². The van der Waals surface area contributed by atoms with Crippen LogP contribution in [0.2, 0.25) is 0 Å². The van der Waals surface area contributed by atoms with E-state index < -0.39 is 11.7 Å². The molecule has 2 fully saturated rings. The van der Waals surface area contributed by atoms with Gasteiger partial charge in [0, 0.05) is 25.7 Å². The van der Waals surface area contributed by atoms with Crippen molar-refractivity contribution in [3.63, 3.8) is 0 Å². The van der Waals surface area contributed by atoms with Crippen molar-refractivity contribution in [2.45, 2.75) is 44.4 Å². The molecule has 1 aromatic carbocycles. The van der Waals surface area contributed by atoms with Gasteiger partial charge in [-0.15, -0.1) is 0 Å². The van der Waals surface area contributed by atoms with E-state index in [1.807, 2.05) is 0 Å². The van der Waals surface area contributed by atoms with Gasteiger partial charge >= 0.3 is 6.18 Å². The lowest BCUT2D eigenvalue weighted by Crippen LogP contribution is -2.40. The summed E-state index contributed by atoms with van der Waals surface area (Å²) in [5.41, 5.74) is 0.214. The lowest BCUT2D eigenvalue weighted by molar-refractivity contribution is -0.137. The van der Waals surface area contributed by atoms with Crippen LogP contribution in [0.25, 0.3) is 0 Å². The van der Waals surface area contributed by atoms with E-state index in [4.69, 9.17) is 0 Å². The summed E-state index contributed by atoms with van der Waals surface area (Å²) in [6.07, 6.45) is 0.780. The minimum Gasteiger partial charge on any atom is -0.299 e. The van der Waals surface area contributed by atoms with Crippen LogP contribution in [0.15, 0.2) is 24.3 Å². The molecule has 122 valence electrons. The summed E-state index contributed by atoms with van der Waals surface area (Å²) in [6, 6.07) is 6.32. The summed E-state index contributed by atoms with van der Waals surface area (Å²) in [7, 11) is 0. The molecule has 0 N–H and O–H groups in total. The van der Waals surface area contributed by atoms with Crippen molar-refractivity contribution in [1.29, 1.82) is 0 Å². The molecule has 0 amide bonds. The minimum absolute atomic E-state index is 0.545. The average Bonchev–Trinajstić information content (AvgIpc) is 2.96. The van der Waals surface area contributed by atoms with E-state index in [1.165, 1.54) is 44.5 Å². The molecule has 5 heteroatoms. The van der Waals surface area contributed by atoms with Crippen LogP contribution in [0.4, 0.5) is 13.2 Å². The van der Waals surface area contributed by atoms with E-state index >= 15 is 0 Å². The Morgan fingerprint density at radius 1 is 1.05 bits per heavy atom. The molecule has 0 aliphatic carbocycles. The first-order valence-electron chi connectivity index (χ1n) is 8.15. The Labute approximate surface area is 129 Å². The fourth-order valence-electron chi connectivity index (χ4n) is 3.64. The maximum atomic E-state index is 12.8. The zero-order valence-electron chi connectivity index (χ0n) is 12.8. The van der Waals surface area contributed by atoms with Crippen molar-refractivity contribution in [2.24, 2.45) is 0 Å². The maximum Gasteiger partial charge on any atom is 0.416 e. The molecule has 0 saturated carbocycles. The summed E-state index contributed by atoms with van der Waals surface area (Å²) in [5, 5.41) is 0. The highest BCUT2D eigenvalue weighted by molar-refractivity contribution is 5.25. The van der Waals surface area contributed by atoms with Gasteiger partial charge < -0.3 is 0 Å². The summed E-state index contributed by atoms with van der Waals surface area (Å²) >= 11 is 0. The number of piperidine rings is 1. The predicted octanol–water partition coefficient (Wildman–Crippen LogP) is 3.77. The van der Waals surface area contributed by atoms with Gasteiger partial charge in [-0.3, -0.25) is 9.80 Å². The minimum atomic E-state index is -4.25. The van der Waals surface area contributed by atoms with Crippen LogP contribution in [-0.4, -0.2) is 42.0 Å². The largest absolute Gasteiger partial charge is 0.416 e. The average molecular weight is 312 g/mol. The topological polar surface area (TPSA) is 6.48 Å². The summed E-state index contributed by atoms with van der Waals surface area (Å²) < 4.78 is 38.3. The molecule has 2 heterocycles. The third kappa shape index (κ3) is 3.82. The van der Waals surface area contributed by atoms with E-state index in [0.29, 0.717) is 12.6 Å². The Bertz CT molecular complexity index is 495. The number of rotatable bonds is 3. The third-order valence-electron chi connectivity index (χ3n) is 4.82. The number of hydrogen-bond donors (Lipinski definition) is 0. The van der Waals surface area contributed by atoms with Gasteiger partial charge in [-0.05, 0) is 44.0 Å². The zero-order valence-corrected chi connectivity index (χ0v) is 12.8. The van der Waals surface area contributed by atoms with Crippen LogP contribution in [0.3, 0.4) is 0 Å². The molecule has 0 bridgehead atoms. The molecule has 0 radical (unpaired) electrons. The Kier molecular flexibility index (Phi) is 4.73. The molecule has 0 spiro atoms. The second-order valence-corrected chi connectivity index (χ2v) is 6.47. The molecule has 2 saturated heterocycles. The standard InChI is InChI=1S/C17H23F3N2/c18-17(19,20)15-6-4-5-14(11-15)12-21-10-7-16(13-21)22-8-2-1-3-9-22/h4-6,11,16H,1-3,7-10,12-13H2/t16-/m1/s1. The Hall–Kier alpha value is -1.07. The molecular weight excluding hydrogens is 289 g/mol. The number of nitrogens with zero attached hydrogens (tertiary/aromatic N) is 2. The van der Waals surface area contributed by atoms with Crippen LogP contribution in [0.1, 0.15) is 36.8 Å². The van der Waals surface area contributed by atoms with Crippen molar-refractivity contribution >= 4 is 0 Å². The van der Waals surface area contributed by atoms with Crippen LogP contribution >= 0.6 is 0 Å². The first-order chi connectivity index (χ1) is 10.5. The molecular formula is C17H23F3N2. The molecule has 3 rings (SSSR count). The van der Waals surface area contributed by atoms with Crippen molar-refractivity contribution < 1.29 is 13.2 Å². The highest BCUT2D eigenvalue weighted by Gasteiger charge is 2.31. The number of benzene rings is 1. The van der Waals surface area contributed by atoms with E-state index in [-0.39, 0.29) is 0 Å². The van der Waals surface area contributed by atoms with E-state index in [1.54, 1.807) is 6.07 Å². The zero-order chi connectivity index (χ0) is 15.6. The fourth-order valence-corrected chi connectivity index (χ4v) is 3.64. The Balaban J connectivity index is 1.58. The van der Waals surface area contributed by atoms with E-state index in [0.717, 1.165) is 31.1 Å². The molecule has 1 aromatic rings. The van der Waals surface area contributed by atoms with E-state index in [2.05, 4.69) is 9.80 Å². The first-order valence-corrected chi connectivity index (χ1v) is 8.15. The summed E-state index contributed by atoms with van der Waals surface area (Å²) in [4.78, 5) is 4.85. The van der Waals surface area contributed by atoms with Crippen LogP contribution in [-0.2, 0) is 12.7 Å². The molecule has 2 nitrogen and oxygen atoms in total. The third-order valence-corrected chi connectivity index (χ3v) is 4.82. The smallest absolute Gasteiger partial charge is 0.299 e.